The second kappa shape index (κ2) is 10.1. The zero-order valence-corrected chi connectivity index (χ0v) is 19.6. The van der Waals surface area contributed by atoms with Crippen LogP contribution in [0.2, 0.25) is 5.02 Å². The minimum Gasteiger partial charge on any atom is -0.315 e. The molecule has 30 heavy (non-hydrogen) atoms. The number of nitrogens with two attached hydrogens (primary N) is 2. The van der Waals surface area contributed by atoms with E-state index in [9.17, 15) is 0 Å². The number of likely N-dealkylation sites (tertiary alicyclic amines) is 1. The fraction of sp³-hybridized carbons (Fsp3) is 0.583. The van der Waals surface area contributed by atoms with Crippen LogP contribution in [0.3, 0.4) is 0 Å². The summed E-state index contributed by atoms with van der Waals surface area (Å²) in [5.74, 6) is 0.521. The first kappa shape index (κ1) is 22.3. The number of benzene rings is 1. The number of piperidine rings is 1. The van der Waals surface area contributed by atoms with Gasteiger partial charge in [-0.05, 0) is 86.2 Å². The van der Waals surface area contributed by atoms with Crippen LogP contribution < -0.4 is 11.5 Å². The van der Waals surface area contributed by atoms with Crippen molar-refractivity contribution in [2.75, 3.05) is 26.2 Å². The number of rotatable bonds is 6. The van der Waals surface area contributed by atoms with Crippen molar-refractivity contribution in [3.63, 3.8) is 0 Å². The van der Waals surface area contributed by atoms with Crippen LogP contribution in [0.5, 0.6) is 0 Å². The molecule has 4 N–H and O–H groups in total. The number of hydrogen-bond donors (Lipinski definition) is 2. The molecule has 0 radical (unpaired) electrons. The molecular formula is C24H35ClN4S. The monoisotopic (exact) mass is 446 g/mol. The first-order valence-electron chi connectivity index (χ1n) is 11.4. The van der Waals surface area contributed by atoms with Crippen LogP contribution in [0.4, 0.5) is 0 Å². The van der Waals surface area contributed by atoms with Crippen molar-refractivity contribution in [1.82, 2.24) is 9.80 Å². The first-order chi connectivity index (χ1) is 14.6. The van der Waals surface area contributed by atoms with Gasteiger partial charge in [-0.2, -0.15) is 0 Å². The van der Waals surface area contributed by atoms with Gasteiger partial charge in [0.1, 0.15) is 0 Å². The lowest BCUT2D eigenvalue weighted by molar-refractivity contribution is 0.0614. The highest BCUT2D eigenvalue weighted by atomic mass is 35.5. The Balaban J connectivity index is 1.32. The van der Waals surface area contributed by atoms with Crippen LogP contribution in [-0.4, -0.2) is 42.1 Å². The summed E-state index contributed by atoms with van der Waals surface area (Å²) in [6.07, 6.45) is 6.72. The lowest BCUT2D eigenvalue weighted by Crippen LogP contribution is -2.53. The van der Waals surface area contributed by atoms with Gasteiger partial charge in [0.15, 0.2) is 0 Å². The SMILES string of the molecule is CCc1csc2c1C(N)N(C(N)C1CCN(CCc3ccc(Cl)cc3)CC1)CCC2. The number of aryl methyl sites for hydroxylation is 2. The standard InChI is InChI=1S/C24H35ClN4S/c1-2-18-16-30-21-4-3-12-29(24(27)22(18)21)23(26)19-10-14-28(15-11-19)13-9-17-5-7-20(25)8-6-17/h5-8,16,19,23-24H,2-4,9-15,26-27H2,1H3. The van der Waals surface area contributed by atoms with Gasteiger partial charge in [-0.1, -0.05) is 30.7 Å². The fourth-order valence-corrected chi connectivity index (χ4v) is 6.40. The zero-order chi connectivity index (χ0) is 21.1. The number of fused-ring (bicyclic) bond motifs is 1. The molecule has 2 atom stereocenters. The summed E-state index contributed by atoms with van der Waals surface area (Å²) >= 11 is 7.88. The van der Waals surface area contributed by atoms with Gasteiger partial charge < -0.3 is 16.4 Å². The van der Waals surface area contributed by atoms with Gasteiger partial charge in [0.05, 0.1) is 12.3 Å². The van der Waals surface area contributed by atoms with Crippen molar-refractivity contribution in [2.24, 2.45) is 17.4 Å². The van der Waals surface area contributed by atoms with Gasteiger partial charge in [0, 0.05) is 28.6 Å². The van der Waals surface area contributed by atoms with Crippen molar-refractivity contribution in [2.45, 2.75) is 57.8 Å². The molecule has 2 aromatic rings. The molecule has 1 fully saturated rings. The van der Waals surface area contributed by atoms with E-state index < -0.39 is 0 Å². The van der Waals surface area contributed by atoms with Gasteiger partial charge in [0.2, 0.25) is 0 Å². The summed E-state index contributed by atoms with van der Waals surface area (Å²) in [4.78, 5) is 6.45. The Hall–Kier alpha value is -0.950. The lowest BCUT2D eigenvalue weighted by Gasteiger charge is -2.41. The van der Waals surface area contributed by atoms with Crippen molar-refractivity contribution >= 4 is 22.9 Å². The van der Waals surface area contributed by atoms with Crippen LogP contribution in [-0.2, 0) is 19.3 Å². The fourth-order valence-electron chi connectivity index (χ4n) is 5.06. The third kappa shape index (κ3) is 4.93. The maximum absolute atomic E-state index is 6.84. The Morgan fingerprint density at radius 2 is 1.90 bits per heavy atom. The summed E-state index contributed by atoms with van der Waals surface area (Å²) in [7, 11) is 0. The van der Waals surface area contributed by atoms with E-state index in [0.29, 0.717) is 5.92 Å². The Morgan fingerprint density at radius 3 is 2.60 bits per heavy atom. The molecule has 0 amide bonds. The normalized spacial score (nSPS) is 22.6. The van der Waals surface area contributed by atoms with Gasteiger partial charge in [0.25, 0.3) is 0 Å². The van der Waals surface area contributed by atoms with Crippen LogP contribution in [0, 0.1) is 5.92 Å². The third-order valence-corrected chi connectivity index (χ3v) is 8.33. The minimum atomic E-state index is -0.0540. The van der Waals surface area contributed by atoms with E-state index in [4.69, 9.17) is 23.1 Å². The maximum atomic E-state index is 6.84. The molecule has 0 spiro atoms. The summed E-state index contributed by atoms with van der Waals surface area (Å²) in [5, 5.41) is 3.11. The molecule has 1 aromatic heterocycles. The van der Waals surface area contributed by atoms with E-state index in [-0.39, 0.29) is 12.3 Å². The Morgan fingerprint density at radius 1 is 1.17 bits per heavy atom. The lowest BCUT2D eigenvalue weighted by atomic mass is 9.92. The third-order valence-electron chi connectivity index (χ3n) is 6.97. The van der Waals surface area contributed by atoms with Crippen molar-refractivity contribution in [3.05, 3.63) is 56.2 Å². The predicted octanol–water partition coefficient (Wildman–Crippen LogP) is 4.41. The molecule has 4 rings (SSSR count). The highest BCUT2D eigenvalue weighted by Gasteiger charge is 2.34. The number of thiophene rings is 1. The molecule has 0 saturated carbocycles. The zero-order valence-electron chi connectivity index (χ0n) is 18.0. The summed E-state index contributed by atoms with van der Waals surface area (Å²) < 4.78 is 0. The van der Waals surface area contributed by atoms with E-state index in [0.717, 1.165) is 69.7 Å². The van der Waals surface area contributed by atoms with Crippen LogP contribution in [0.15, 0.2) is 29.6 Å². The maximum Gasteiger partial charge on any atom is 0.0861 e. The molecule has 3 heterocycles. The quantitative estimate of drug-likeness (QED) is 0.690. The molecule has 4 nitrogen and oxygen atoms in total. The smallest absolute Gasteiger partial charge is 0.0861 e. The van der Waals surface area contributed by atoms with E-state index in [1.165, 1.54) is 21.6 Å². The highest BCUT2D eigenvalue weighted by Crippen LogP contribution is 2.35. The van der Waals surface area contributed by atoms with Crippen LogP contribution in [0.25, 0.3) is 0 Å². The Bertz CT molecular complexity index is 813. The van der Waals surface area contributed by atoms with Crippen molar-refractivity contribution < 1.29 is 0 Å². The number of hydrogen-bond acceptors (Lipinski definition) is 5. The van der Waals surface area contributed by atoms with Gasteiger partial charge in [-0.15, -0.1) is 11.3 Å². The largest absolute Gasteiger partial charge is 0.315 e. The highest BCUT2D eigenvalue weighted by molar-refractivity contribution is 7.10. The molecule has 2 aliphatic heterocycles. The molecule has 1 aromatic carbocycles. The Labute approximate surface area is 190 Å². The Kier molecular flexibility index (Phi) is 7.50. The second-order valence-corrected chi connectivity index (χ2v) is 10.2. The van der Waals surface area contributed by atoms with E-state index in [1.54, 1.807) is 0 Å². The average Bonchev–Trinajstić information content (AvgIpc) is 3.11. The number of halogens is 1. The average molecular weight is 447 g/mol. The molecule has 0 bridgehead atoms. The molecule has 2 unspecified atom stereocenters. The number of nitrogens with zero attached hydrogens (tertiary/aromatic N) is 2. The van der Waals surface area contributed by atoms with Crippen molar-refractivity contribution in [1.29, 1.82) is 0 Å². The van der Waals surface area contributed by atoms with E-state index in [1.807, 2.05) is 23.5 Å². The molecular weight excluding hydrogens is 412 g/mol. The van der Waals surface area contributed by atoms with Crippen LogP contribution in [0.1, 0.15) is 53.9 Å². The van der Waals surface area contributed by atoms with Crippen molar-refractivity contribution in [3.8, 4) is 0 Å². The topological polar surface area (TPSA) is 58.5 Å². The molecule has 1 saturated heterocycles. The molecule has 2 aliphatic rings. The van der Waals surface area contributed by atoms with Gasteiger partial charge in [-0.3, -0.25) is 4.90 Å². The van der Waals surface area contributed by atoms with E-state index >= 15 is 0 Å². The van der Waals surface area contributed by atoms with Gasteiger partial charge >= 0.3 is 0 Å². The predicted molar refractivity (Wildman–Crippen MR) is 128 cm³/mol. The first-order valence-corrected chi connectivity index (χ1v) is 12.7. The second-order valence-electron chi connectivity index (χ2n) is 8.78. The molecule has 164 valence electrons. The van der Waals surface area contributed by atoms with E-state index in [2.05, 4.69) is 34.2 Å². The summed E-state index contributed by atoms with van der Waals surface area (Å²) in [6, 6.07) is 8.23. The summed E-state index contributed by atoms with van der Waals surface area (Å²) in [6.45, 7) is 6.58. The minimum absolute atomic E-state index is 0.0500. The van der Waals surface area contributed by atoms with Crippen LogP contribution >= 0.6 is 22.9 Å². The molecule has 0 aliphatic carbocycles. The van der Waals surface area contributed by atoms with Gasteiger partial charge in [-0.25, -0.2) is 0 Å². The molecule has 6 heteroatoms. The summed E-state index contributed by atoms with van der Waals surface area (Å²) in [5.41, 5.74) is 17.8.